The van der Waals surface area contributed by atoms with Crippen LogP contribution >= 0.6 is 11.8 Å². The molecule has 0 saturated carbocycles. The van der Waals surface area contributed by atoms with Crippen LogP contribution < -0.4 is 0 Å². The minimum absolute atomic E-state index is 0.191. The highest BCUT2D eigenvalue weighted by Gasteiger charge is 2.30. The van der Waals surface area contributed by atoms with Gasteiger partial charge < -0.3 is 9.64 Å². The second-order valence-electron chi connectivity index (χ2n) is 5.77. The molecule has 0 spiro atoms. The highest BCUT2D eigenvalue weighted by molar-refractivity contribution is 8.00. The summed E-state index contributed by atoms with van der Waals surface area (Å²) < 4.78 is 5.40. The van der Waals surface area contributed by atoms with E-state index in [1.54, 1.807) is 0 Å². The van der Waals surface area contributed by atoms with Crippen molar-refractivity contribution in [3.05, 3.63) is 30.3 Å². The molecule has 1 aliphatic rings. The summed E-state index contributed by atoms with van der Waals surface area (Å²) in [6, 6.07) is 10.3. The average molecular weight is 279 g/mol. The number of likely N-dealkylation sites (tertiary alicyclic amines) is 1. The molecular formula is C15H21NO2S. The predicted molar refractivity (Wildman–Crippen MR) is 78.5 cm³/mol. The third kappa shape index (κ3) is 4.46. The van der Waals surface area contributed by atoms with Crippen LogP contribution in [0.1, 0.15) is 27.2 Å². The number of carbonyl (C=O) groups is 1. The Kier molecular flexibility index (Phi) is 4.40. The Balaban J connectivity index is 1.85. The fraction of sp³-hybridized carbons (Fsp3) is 0.533. The highest BCUT2D eigenvalue weighted by Crippen LogP contribution is 2.30. The average Bonchev–Trinajstić information content (AvgIpc) is 2.77. The maximum atomic E-state index is 12.0. The Bertz CT molecular complexity index is 428. The summed E-state index contributed by atoms with van der Waals surface area (Å²) in [5.41, 5.74) is -0.415. The van der Waals surface area contributed by atoms with Gasteiger partial charge in [0.25, 0.3) is 0 Å². The molecule has 1 fully saturated rings. The molecule has 3 nitrogen and oxygen atoms in total. The molecule has 0 aliphatic carbocycles. The van der Waals surface area contributed by atoms with Gasteiger partial charge in [0.1, 0.15) is 5.60 Å². The third-order valence-corrected chi connectivity index (χ3v) is 4.11. The Labute approximate surface area is 119 Å². The third-order valence-electron chi connectivity index (χ3n) is 2.84. The fourth-order valence-corrected chi connectivity index (χ4v) is 3.19. The van der Waals surface area contributed by atoms with E-state index in [9.17, 15) is 4.79 Å². The topological polar surface area (TPSA) is 29.5 Å². The van der Waals surface area contributed by atoms with Gasteiger partial charge in [-0.3, -0.25) is 0 Å². The van der Waals surface area contributed by atoms with E-state index in [4.69, 9.17) is 4.74 Å². The lowest BCUT2D eigenvalue weighted by Gasteiger charge is -2.24. The lowest BCUT2D eigenvalue weighted by molar-refractivity contribution is 0.0295. The molecular weight excluding hydrogens is 258 g/mol. The van der Waals surface area contributed by atoms with Crippen molar-refractivity contribution in [2.45, 2.75) is 42.9 Å². The molecule has 104 valence electrons. The molecule has 1 amide bonds. The standard InChI is InChI=1S/C15H21NO2S/c1-15(2,3)18-14(17)16-10-9-13(11-16)19-12-7-5-4-6-8-12/h4-8,13H,9-11H2,1-3H3. The molecule has 1 aromatic carbocycles. The molecule has 0 radical (unpaired) electrons. The summed E-state index contributed by atoms with van der Waals surface area (Å²) in [5.74, 6) is 0. The number of rotatable bonds is 2. The van der Waals surface area contributed by atoms with Gasteiger partial charge in [0.2, 0.25) is 0 Å². The van der Waals surface area contributed by atoms with Crippen LogP contribution in [0, 0.1) is 0 Å². The molecule has 1 aromatic rings. The first kappa shape index (κ1) is 14.3. The number of hydrogen-bond acceptors (Lipinski definition) is 3. The number of ether oxygens (including phenoxy) is 1. The number of hydrogen-bond donors (Lipinski definition) is 0. The number of nitrogens with zero attached hydrogens (tertiary/aromatic N) is 1. The van der Waals surface area contributed by atoms with Crippen molar-refractivity contribution in [3.63, 3.8) is 0 Å². The van der Waals surface area contributed by atoms with E-state index in [1.165, 1.54) is 4.90 Å². The van der Waals surface area contributed by atoms with Gasteiger partial charge in [0.05, 0.1) is 0 Å². The van der Waals surface area contributed by atoms with E-state index in [0.29, 0.717) is 5.25 Å². The van der Waals surface area contributed by atoms with E-state index in [0.717, 1.165) is 19.5 Å². The molecule has 19 heavy (non-hydrogen) atoms. The SMILES string of the molecule is CC(C)(C)OC(=O)N1CCC(Sc2ccccc2)C1. The Hall–Kier alpha value is -1.16. The predicted octanol–water partition coefficient (Wildman–Crippen LogP) is 3.79. The van der Waals surface area contributed by atoms with Crippen LogP contribution in [0.25, 0.3) is 0 Å². The monoisotopic (exact) mass is 279 g/mol. The van der Waals surface area contributed by atoms with Gasteiger partial charge in [-0.15, -0.1) is 11.8 Å². The van der Waals surface area contributed by atoms with E-state index in [2.05, 4.69) is 12.1 Å². The van der Waals surface area contributed by atoms with E-state index in [1.807, 2.05) is 55.6 Å². The summed E-state index contributed by atoms with van der Waals surface area (Å²) in [4.78, 5) is 15.0. The Morgan fingerprint density at radius 2 is 2.00 bits per heavy atom. The Morgan fingerprint density at radius 3 is 2.63 bits per heavy atom. The zero-order chi connectivity index (χ0) is 13.9. The fourth-order valence-electron chi connectivity index (χ4n) is 2.01. The summed E-state index contributed by atoms with van der Waals surface area (Å²) in [6.07, 6.45) is 0.836. The lowest BCUT2D eigenvalue weighted by atomic mass is 10.2. The number of carbonyl (C=O) groups excluding carboxylic acids is 1. The maximum absolute atomic E-state index is 12.0. The molecule has 0 bridgehead atoms. The van der Waals surface area contributed by atoms with Crippen molar-refractivity contribution < 1.29 is 9.53 Å². The molecule has 1 heterocycles. The van der Waals surface area contributed by atoms with Gasteiger partial charge >= 0.3 is 6.09 Å². The summed E-state index contributed by atoms with van der Waals surface area (Å²) in [7, 11) is 0. The zero-order valence-corrected chi connectivity index (χ0v) is 12.6. The zero-order valence-electron chi connectivity index (χ0n) is 11.8. The van der Waals surface area contributed by atoms with E-state index in [-0.39, 0.29) is 6.09 Å². The molecule has 0 N–H and O–H groups in total. The van der Waals surface area contributed by atoms with Crippen molar-refractivity contribution in [1.82, 2.24) is 4.90 Å². The second kappa shape index (κ2) is 5.87. The van der Waals surface area contributed by atoms with Crippen molar-refractivity contribution in [3.8, 4) is 0 Å². The quantitative estimate of drug-likeness (QED) is 0.825. The Morgan fingerprint density at radius 1 is 1.32 bits per heavy atom. The van der Waals surface area contributed by atoms with Gasteiger partial charge in [-0.25, -0.2) is 4.79 Å². The largest absolute Gasteiger partial charge is 0.444 e. The van der Waals surface area contributed by atoms with E-state index >= 15 is 0 Å². The van der Waals surface area contributed by atoms with Crippen molar-refractivity contribution >= 4 is 17.9 Å². The summed E-state index contributed by atoms with van der Waals surface area (Å²) in [6.45, 7) is 7.26. The first-order valence-corrected chi connectivity index (χ1v) is 7.52. The van der Waals surface area contributed by atoms with Gasteiger partial charge in [-0.1, -0.05) is 18.2 Å². The molecule has 1 unspecified atom stereocenters. The molecule has 2 rings (SSSR count). The van der Waals surface area contributed by atoms with Crippen LogP contribution in [0.4, 0.5) is 4.79 Å². The second-order valence-corrected chi connectivity index (χ2v) is 7.14. The molecule has 1 aliphatic heterocycles. The molecule has 1 atom stereocenters. The smallest absolute Gasteiger partial charge is 0.410 e. The van der Waals surface area contributed by atoms with Crippen LogP contribution in [0.3, 0.4) is 0 Å². The first-order chi connectivity index (χ1) is 8.94. The van der Waals surface area contributed by atoms with Crippen molar-refractivity contribution in [2.75, 3.05) is 13.1 Å². The summed E-state index contributed by atoms with van der Waals surface area (Å²) in [5, 5.41) is 0.468. The minimum Gasteiger partial charge on any atom is -0.444 e. The molecule has 1 saturated heterocycles. The van der Waals surface area contributed by atoms with Crippen LogP contribution in [0.2, 0.25) is 0 Å². The molecule has 4 heteroatoms. The van der Waals surface area contributed by atoms with Gasteiger partial charge in [-0.2, -0.15) is 0 Å². The van der Waals surface area contributed by atoms with E-state index < -0.39 is 5.60 Å². The first-order valence-electron chi connectivity index (χ1n) is 6.64. The van der Waals surface area contributed by atoms with Gasteiger partial charge in [-0.05, 0) is 39.3 Å². The number of thioether (sulfide) groups is 1. The number of amides is 1. The normalized spacial score (nSPS) is 19.5. The number of benzene rings is 1. The summed E-state index contributed by atoms with van der Waals surface area (Å²) >= 11 is 1.84. The van der Waals surface area contributed by atoms with Crippen LogP contribution in [-0.4, -0.2) is 34.9 Å². The van der Waals surface area contributed by atoms with Crippen LogP contribution in [0.15, 0.2) is 35.2 Å². The highest BCUT2D eigenvalue weighted by atomic mass is 32.2. The molecule has 0 aromatic heterocycles. The lowest BCUT2D eigenvalue weighted by Crippen LogP contribution is -2.35. The van der Waals surface area contributed by atoms with Gasteiger partial charge in [0, 0.05) is 23.2 Å². The van der Waals surface area contributed by atoms with Crippen molar-refractivity contribution in [1.29, 1.82) is 0 Å². The maximum Gasteiger partial charge on any atom is 0.410 e. The van der Waals surface area contributed by atoms with Crippen LogP contribution in [-0.2, 0) is 4.74 Å². The van der Waals surface area contributed by atoms with Crippen molar-refractivity contribution in [2.24, 2.45) is 0 Å². The van der Waals surface area contributed by atoms with Gasteiger partial charge in [0.15, 0.2) is 0 Å². The van der Waals surface area contributed by atoms with Crippen LogP contribution in [0.5, 0.6) is 0 Å². The minimum atomic E-state index is -0.415.